The molecular formula is C21H17NO4S2. The van der Waals surface area contributed by atoms with E-state index in [1.54, 1.807) is 31.2 Å². The highest BCUT2D eigenvalue weighted by atomic mass is 32.2. The molecule has 1 fully saturated rings. The van der Waals surface area contributed by atoms with Gasteiger partial charge in [-0.2, -0.15) is 0 Å². The van der Waals surface area contributed by atoms with Crippen LogP contribution in [-0.4, -0.2) is 27.9 Å². The molecule has 1 amide bonds. The molecule has 3 rings (SSSR count). The number of aromatic carboxylic acids is 1. The maximum absolute atomic E-state index is 13.0. The van der Waals surface area contributed by atoms with Crippen LogP contribution in [0.1, 0.15) is 21.5 Å². The first-order valence-electron chi connectivity index (χ1n) is 8.37. The van der Waals surface area contributed by atoms with Gasteiger partial charge in [0.05, 0.1) is 16.2 Å². The first-order chi connectivity index (χ1) is 13.4. The summed E-state index contributed by atoms with van der Waals surface area (Å²) in [7, 11) is 0. The average Bonchev–Trinajstić information content (AvgIpc) is 2.95. The number of carboxylic acid groups (broad SMARTS) is 1. The number of aryl methyl sites for hydroxylation is 1. The smallest absolute Gasteiger partial charge is 0.336 e. The van der Waals surface area contributed by atoms with Crippen molar-refractivity contribution in [1.82, 2.24) is 0 Å². The van der Waals surface area contributed by atoms with Crippen LogP contribution in [-0.2, 0) is 4.79 Å². The summed E-state index contributed by atoms with van der Waals surface area (Å²) in [4.78, 5) is 26.2. The quantitative estimate of drug-likeness (QED) is 0.424. The van der Waals surface area contributed by atoms with E-state index >= 15 is 0 Å². The number of rotatable bonds is 6. The van der Waals surface area contributed by atoms with Crippen molar-refractivity contribution in [3.05, 3.63) is 76.7 Å². The largest absolute Gasteiger partial charge is 0.489 e. The minimum atomic E-state index is -1.05. The van der Waals surface area contributed by atoms with Crippen molar-refractivity contribution in [2.45, 2.75) is 6.92 Å². The molecule has 0 unspecified atom stereocenters. The number of carbonyl (C=O) groups is 2. The number of hydrogen-bond acceptors (Lipinski definition) is 5. The van der Waals surface area contributed by atoms with Gasteiger partial charge in [-0.3, -0.25) is 9.69 Å². The molecule has 2 aromatic rings. The van der Waals surface area contributed by atoms with Crippen molar-refractivity contribution in [2.75, 3.05) is 11.5 Å². The molecule has 0 radical (unpaired) electrons. The fourth-order valence-corrected chi connectivity index (χ4v) is 3.98. The number of thiocarbonyl (C=S) groups is 1. The van der Waals surface area contributed by atoms with Crippen LogP contribution in [0.4, 0.5) is 5.69 Å². The van der Waals surface area contributed by atoms with Crippen LogP contribution in [0.25, 0.3) is 6.08 Å². The summed E-state index contributed by atoms with van der Waals surface area (Å²) < 4.78 is 5.98. The highest BCUT2D eigenvalue weighted by Crippen LogP contribution is 2.37. The highest BCUT2D eigenvalue weighted by Gasteiger charge is 2.34. The number of para-hydroxylation sites is 1. The first kappa shape index (κ1) is 19.9. The molecule has 1 aliphatic heterocycles. The van der Waals surface area contributed by atoms with E-state index in [1.165, 1.54) is 22.7 Å². The Morgan fingerprint density at radius 1 is 1.32 bits per heavy atom. The van der Waals surface area contributed by atoms with E-state index in [4.69, 9.17) is 17.0 Å². The number of ether oxygens (including phenoxy) is 1. The highest BCUT2D eigenvalue weighted by molar-refractivity contribution is 8.27. The zero-order chi connectivity index (χ0) is 20.3. The Hall–Kier alpha value is -2.90. The maximum atomic E-state index is 13.0. The van der Waals surface area contributed by atoms with Crippen LogP contribution in [0.15, 0.2) is 60.0 Å². The number of carbonyl (C=O) groups excluding carboxylic acids is 1. The Balaban J connectivity index is 1.95. The van der Waals surface area contributed by atoms with Crippen LogP contribution >= 0.6 is 24.0 Å². The molecule has 0 atom stereocenters. The van der Waals surface area contributed by atoms with Gasteiger partial charge < -0.3 is 9.84 Å². The molecule has 2 aromatic carbocycles. The van der Waals surface area contributed by atoms with Crippen molar-refractivity contribution in [1.29, 1.82) is 0 Å². The summed E-state index contributed by atoms with van der Waals surface area (Å²) in [5, 5.41) is 9.34. The molecule has 1 heterocycles. The number of thioether (sulfide) groups is 1. The lowest BCUT2D eigenvalue weighted by Crippen LogP contribution is -2.27. The zero-order valence-corrected chi connectivity index (χ0v) is 16.7. The summed E-state index contributed by atoms with van der Waals surface area (Å²) in [5.74, 6) is -0.710. The fraction of sp³-hybridized carbons (Fsp3) is 0.0952. The molecule has 1 N–H and O–H groups in total. The van der Waals surface area contributed by atoms with E-state index in [0.29, 0.717) is 32.8 Å². The van der Waals surface area contributed by atoms with E-state index in [2.05, 4.69) is 6.58 Å². The summed E-state index contributed by atoms with van der Waals surface area (Å²) in [6, 6.07) is 12.2. The van der Waals surface area contributed by atoms with Gasteiger partial charge in [-0.25, -0.2) is 4.79 Å². The van der Waals surface area contributed by atoms with E-state index in [-0.39, 0.29) is 11.5 Å². The second kappa shape index (κ2) is 8.41. The monoisotopic (exact) mass is 411 g/mol. The number of amides is 1. The van der Waals surface area contributed by atoms with E-state index in [1.807, 2.05) is 24.3 Å². The zero-order valence-electron chi connectivity index (χ0n) is 15.0. The normalized spacial score (nSPS) is 15.2. The van der Waals surface area contributed by atoms with Crippen molar-refractivity contribution < 1.29 is 19.4 Å². The van der Waals surface area contributed by atoms with Crippen LogP contribution < -0.4 is 9.64 Å². The number of nitrogens with zero attached hydrogens (tertiary/aromatic N) is 1. The Labute approximate surface area is 172 Å². The van der Waals surface area contributed by atoms with Crippen molar-refractivity contribution in [3.8, 4) is 5.75 Å². The molecule has 1 aliphatic rings. The molecule has 0 aliphatic carbocycles. The standard InChI is InChI=1S/C21H17NO4S2/c1-3-10-26-17-7-5-4-6-14(17)11-18-19(23)22(21(27)28-18)15-9-8-13(2)16(12-15)20(24)25/h3-9,11-12H,1,10H2,2H3,(H,24,25). The lowest BCUT2D eigenvalue weighted by molar-refractivity contribution is -0.113. The van der Waals surface area contributed by atoms with Gasteiger partial charge in [-0.05, 0) is 36.8 Å². The molecule has 142 valence electrons. The first-order valence-corrected chi connectivity index (χ1v) is 9.59. The van der Waals surface area contributed by atoms with Crippen LogP contribution in [0.5, 0.6) is 5.75 Å². The Kier molecular flexibility index (Phi) is 5.96. The lowest BCUT2D eigenvalue weighted by Gasteiger charge is -2.16. The van der Waals surface area contributed by atoms with E-state index in [0.717, 1.165) is 5.56 Å². The number of anilines is 1. The Bertz CT molecular complexity index is 1010. The molecule has 28 heavy (non-hydrogen) atoms. The van der Waals surface area contributed by atoms with Crippen molar-refractivity contribution in [2.24, 2.45) is 0 Å². The van der Waals surface area contributed by atoms with E-state index < -0.39 is 5.97 Å². The molecule has 0 aromatic heterocycles. The van der Waals surface area contributed by atoms with Gasteiger partial charge in [0.25, 0.3) is 5.91 Å². The maximum Gasteiger partial charge on any atom is 0.336 e. The minimum absolute atomic E-state index is 0.138. The average molecular weight is 412 g/mol. The van der Waals surface area contributed by atoms with Crippen molar-refractivity contribution in [3.63, 3.8) is 0 Å². The Morgan fingerprint density at radius 3 is 2.79 bits per heavy atom. The molecule has 0 spiro atoms. The molecule has 5 nitrogen and oxygen atoms in total. The predicted octanol–water partition coefficient (Wildman–Crippen LogP) is 4.66. The number of benzene rings is 2. The van der Waals surface area contributed by atoms with Gasteiger partial charge in [0.1, 0.15) is 12.4 Å². The third-order valence-electron chi connectivity index (χ3n) is 4.07. The van der Waals surface area contributed by atoms with E-state index in [9.17, 15) is 14.7 Å². The molecule has 0 saturated carbocycles. The fourth-order valence-electron chi connectivity index (χ4n) is 2.69. The lowest BCUT2D eigenvalue weighted by atomic mass is 10.1. The van der Waals surface area contributed by atoms with Crippen LogP contribution in [0.3, 0.4) is 0 Å². The SMILES string of the molecule is C=CCOc1ccccc1C=C1SC(=S)N(c2ccc(C)c(C(=O)O)c2)C1=O. The molecule has 0 bridgehead atoms. The summed E-state index contributed by atoms with van der Waals surface area (Å²) >= 11 is 6.54. The number of carboxylic acids is 1. The summed E-state index contributed by atoms with van der Waals surface area (Å²) in [6.07, 6.45) is 3.37. The predicted molar refractivity (Wildman–Crippen MR) is 116 cm³/mol. The van der Waals surface area contributed by atoms with Crippen molar-refractivity contribution >= 4 is 51.9 Å². The third-order valence-corrected chi connectivity index (χ3v) is 5.37. The summed E-state index contributed by atoms with van der Waals surface area (Å²) in [6.45, 7) is 5.70. The molecular weight excluding hydrogens is 394 g/mol. The van der Waals surface area contributed by atoms with Gasteiger partial charge in [-0.1, -0.05) is 60.9 Å². The van der Waals surface area contributed by atoms with Gasteiger partial charge in [-0.15, -0.1) is 0 Å². The molecule has 1 saturated heterocycles. The Morgan fingerprint density at radius 2 is 2.07 bits per heavy atom. The number of hydrogen-bond donors (Lipinski definition) is 1. The van der Waals surface area contributed by atoms with Gasteiger partial charge in [0.2, 0.25) is 0 Å². The van der Waals surface area contributed by atoms with Gasteiger partial charge in [0.15, 0.2) is 4.32 Å². The topological polar surface area (TPSA) is 66.8 Å². The third kappa shape index (κ3) is 4.00. The van der Waals surface area contributed by atoms with Crippen LogP contribution in [0.2, 0.25) is 0 Å². The van der Waals surface area contributed by atoms with Crippen LogP contribution in [0, 0.1) is 6.92 Å². The summed E-state index contributed by atoms with van der Waals surface area (Å²) in [5.41, 5.74) is 1.94. The van der Waals surface area contributed by atoms with Gasteiger partial charge in [0, 0.05) is 5.56 Å². The second-order valence-electron chi connectivity index (χ2n) is 5.96. The molecule has 7 heteroatoms. The minimum Gasteiger partial charge on any atom is -0.489 e. The van der Waals surface area contributed by atoms with Gasteiger partial charge >= 0.3 is 5.97 Å². The second-order valence-corrected chi connectivity index (χ2v) is 7.63.